The van der Waals surface area contributed by atoms with Crippen LogP contribution in [0.25, 0.3) is 10.2 Å². The van der Waals surface area contributed by atoms with Crippen molar-refractivity contribution in [3.05, 3.63) is 42.0 Å². The summed E-state index contributed by atoms with van der Waals surface area (Å²) in [5.74, 6) is 2.21. The first-order valence-corrected chi connectivity index (χ1v) is 12.2. The van der Waals surface area contributed by atoms with Crippen molar-refractivity contribution in [3.63, 3.8) is 0 Å². The number of hydrogen-bond donors (Lipinski definition) is 0. The number of fused-ring (bicyclic) bond motifs is 1. The molecule has 3 aromatic rings. The van der Waals surface area contributed by atoms with E-state index in [0.29, 0.717) is 36.8 Å². The second kappa shape index (κ2) is 10.7. The Morgan fingerprint density at radius 2 is 1.76 bits per heavy atom. The molecule has 0 saturated carbocycles. The normalized spacial score (nSPS) is 13.9. The van der Waals surface area contributed by atoms with Crippen LogP contribution in [0.1, 0.15) is 36.5 Å². The summed E-state index contributed by atoms with van der Waals surface area (Å²) in [6.45, 7) is 5.68. The Hall–Kier alpha value is -3.00. The lowest BCUT2D eigenvalue weighted by molar-refractivity contribution is 0.0746. The quantitative estimate of drug-likeness (QED) is 0.418. The zero-order chi connectivity index (χ0) is 23.2. The van der Waals surface area contributed by atoms with E-state index in [2.05, 4.69) is 11.8 Å². The molecule has 0 bridgehead atoms. The second-order valence-corrected chi connectivity index (χ2v) is 9.01. The second-order valence-electron chi connectivity index (χ2n) is 8.00. The van der Waals surface area contributed by atoms with Crippen LogP contribution in [0.2, 0.25) is 0 Å². The molecular weight excluding hydrogens is 438 g/mol. The Bertz CT molecular complexity index is 1080. The Balaban J connectivity index is 1.36. The highest BCUT2D eigenvalue weighted by Crippen LogP contribution is 2.40. The molecule has 1 aromatic heterocycles. The smallest absolute Gasteiger partial charge is 0.253 e. The number of carbonyl (C=O) groups excluding carboxylic acids is 1. The van der Waals surface area contributed by atoms with Crippen molar-refractivity contribution in [2.24, 2.45) is 0 Å². The summed E-state index contributed by atoms with van der Waals surface area (Å²) in [6.07, 6.45) is 3.39. The number of nitrogens with zero attached hydrogens (tertiary/aromatic N) is 3. The molecule has 1 fully saturated rings. The Kier molecular flexibility index (Phi) is 7.54. The largest absolute Gasteiger partial charge is 0.494 e. The van der Waals surface area contributed by atoms with Gasteiger partial charge in [0.2, 0.25) is 0 Å². The highest BCUT2D eigenvalue weighted by atomic mass is 32.1. The van der Waals surface area contributed by atoms with Crippen molar-refractivity contribution in [2.75, 3.05) is 51.9 Å². The molecule has 8 heteroatoms. The van der Waals surface area contributed by atoms with Crippen LogP contribution in [0.5, 0.6) is 17.2 Å². The summed E-state index contributed by atoms with van der Waals surface area (Å²) in [5, 5.41) is 0.938. The fourth-order valence-electron chi connectivity index (χ4n) is 3.95. The predicted molar refractivity (Wildman–Crippen MR) is 132 cm³/mol. The summed E-state index contributed by atoms with van der Waals surface area (Å²) in [6, 6.07) is 11.4. The van der Waals surface area contributed by atoms with E-state index in [1.165, 1.54) is 12.8 Å². The Morgan fingerprint density at radius 3 is 2.42 bits per heavy atom. The third-order valence-corrected chi connectivity index (χ3v) is 6.93. The van der Waals surface area contributed by atoms with E-state index >= 15 is 0 Å². The number of aromatic nitrogens is 1. The number of carbonyl (C=O) groups is 1. The first kappa shape index (κ1) is 23.2. The Labute approximate surface area is 198 Å². The molecule has 176 valence electrons. The first-order chi connectivity index (χ1) is 16.1. The molecule has 4 rings (SSSR count). The monoisotopic (exact) mass is 469 g/mol. The average molecular weight is 470 g/mol. The summed E-state index contributed by atoms with van der Waals surface area (Å²) < 4.78 is 17.7. The summed E-state index contributed by atoms with van der Waals surface area (Å²) >= 11 is 1.63. The van der Waals surface area contributed by atoms with Crippen LogP contribution >= 0.6 is 11.3 Å². The van der Waals surface area contributed by atoms with Gasteiger partial charge in [-0.05, 0) is 42.8 Å². The van der Waals surface area contributed by atoms with Crippen LogP contribution < -0.4 is 19.1 Å². The van der Waals surface area contributed by atoms with Gasteiger partial charge in [0, 0.05) is 31.7 Å². The van der Waals surface area contributed by atoms with Crippen molar-refractivity contribution in [3.8, 4) is 17.2 Å². The van der Waals surface area contributed by atoms with E-state index in [4.69, 9.17) is 19.2 Å². The van der Waals surface area contributed by atoms with Gasteiger partial charge in [0.15, 0.2) is 16.6 Å². The number of anilines is 1. The standard InChI is InChI=1S/C25H31N3O4S/c1-4-5-6-17-32-19-9-7-18(8-10-19)24(29)27-13-15-28(16-14-27)25-26-22-21(33-25)12-11-20(30-2)23(22)31-3/h7-12H,4-6,13-17H2,1-3H3. The van der Waals surface area contributed by atoms with Crippen LogP contribution in [0.15, 0.2) is 36.4 Å². The Morgan fingerprint density at radius 1 is 1.00 bits per heavy atom. The number of unbranched alkanes of at least 4 members (excludes halogenated alkanes) is 2. The van der Waals surface area contributed by atoms with Crippen molar-refractivity contribution in [1.29, 1.82) is 0 Å². The fourth-order valence-corrected chi connectivity index (χ4v) is 4.97. The minimum absolute atomic E-state index is 0.0582. The average Bonchev–Trinajstić information content (AvgIpc) is 3.30. The SMILES string of the molecule is CCCCCOc1ccc(C(=O)N2CCN(c3nc4c(OC)c(OC)ccc4s3)CC2)cc1. The van der Waals surface area contributed by atoms with Gasteiger partial charge in [-0.25, -0.2) is 4.98 Å². The highest BCUT2D eigenvalue weighted by Gasteiger charge is 2.25. The third kappa shape index (κ3) is 5.16. The lowest BCUT2D eigenvalue weighted by Crippen LogP contribution is -2.48. The summed E-state index contributed by atoms with van der Waals surface area (Å²) in [5.41, 5.74) is 1.51. The number of benzene rings is 2. The van der Waals surface area contributed by atoms with Gasteiger partial charge in [-0.3, -0.25) is 4.79 Å². The van der Waals surface area contributed by atoms with Gasteiger partial charge in [-0.15, -0.1) is 0 Å². The number of rotatable bonds is 9. The highest BCUT2D eigenvalue weighted by molar-refractivity contribution is 7.22. The predicted octanol–water partition coefficient (Wildman–Crippen LogP) is 4.84. The maximum Gasteiger partial charge on any atom is 0.253 e. The molecule has 0 aliphatic carbocycles. The molecule has 0 spiro atoms. The molecule has 0 atom stereocenters. The number of thiazole rings is 1. The molecule has 33 heavy (non-hydrogen) atoms. The molecule has 0 N–H and O–H groups in total. The van der Waals surface area contributed by atoms with E-state index in [9.17, 15) is 4.79 Å². The van der Waals surface area contributed by atoms with Crippen molar-refractivity contribution < 1.29 is 19.0 Å². The minimum atomic E-state index is 0.0582. The molecule has 0 unspecified atom stereocenters. The van der Waals surface area contributed by atoms with Gasteiger partial charge in [0.1, 0.15) is 11.3 Å². The van der Waals surface area contributed by atoms with Gasteiger partial charge in [0.05, 0.1) is 25.5 Å². The first-order valence-electron chi connectivity index (χ1n) is 11.4. The number of methoxy groups -OCH3 is 2. The van der Waals surface area contributed by atoms with Gasteiger partial charge in [0.25, 0.3) is 5.91 Å². The van der Waals surface area contributed by atoms with E-state index < -0.39 is 0 Å². The fraction of sp³-hybridized carbons (Fsp3) is 0.440. The van der Waals surface area contributed by atoms with Crippen LogP contribution in [-0.2, 0) is 0 Å². The minimum Gasteiger partial charge on any atom is -0.494 e. The van der Waals surface area contributed by atoms with E-state index in [0.717, 1.165) is 40.6 Å². The maximum atomic E-state index is 13.0. The lowest BCUT2D eigenvalue weighted by Gasteiger charge is -2.34. The molecule has 2 aromatic carbocycles. The molecule has 1 aliphatic heterocycles. The molecule has 7 nitrogen and oxygen atoms in total. The van der Waals surface area contributed by atoms with Crippen molar-refractivity contribution in [1.82, 2.24) is 9.88 Å². The number of ether oxygens (including phenoxy) is 3. The van der Waals surface area contributed by atoms with Crippen molar-refractivity contribution in [2.45, 2.75) is 26.2 Å². The van der Waals surface area contributed by atoms with Gasteiger partial charge >= 0.3 is 0 Å². The molecule has 1 aliphatic rings. The van der Waals surface area contributed by atoms with Crippen LogP contribution in [-0.4, -0.2) is 62.8 Å². The zero-order valence-corrected chi connectivity index (χ0v) is 20.3. The summed E-state index contributed by atoms with van der Waals surface area (Å²) in [7, 11) is 3.26. The van der Waals surface area contributed by atoms with E-state index in [1.54, 1.807) is 25.6 Å². The van der Waals surface area contributed by atoms with Crippen LogP contribution in [0.4, 0.5) is 5.13 Å². The number of hydrogen-bond acceptors (Lipinski definition) is 7. The molecule has 1 saturated heterocycles. The molecule has 1 amide bonds. The van der Waals surface area contributed by atoms with Crippen molar-refractivity contribution >= 4 is 32.6 Å². The topological polar surface area (TPSA) is 64.1 Å². The molecular formula is C25H31N3O4S. The lowest BCUT2D eigenvalue weighted by atomic mass is 10.1. The van der Waals surface area contributed by atoms with Crippen LogP contribution in [0, 0.1) is 0 Å². The number of amides is 1. The van der Waals surface area contributed by atoms with Gasteiger partial charge in [-0.2, -0.15) is 0 Å². The van der Waals surface area contributed by atoms with E-state index in [-0.39, 0.29) is 5.91 Å². The number of piperazine rings is 1. The van der Waals surface area contributed by atoms with Gasteiger partial charge in [-0.1, -0.05) is 31.1 Å². The van der Waals surface area contributed by atoms with E-state index in [1.807, 2.05) is 41.3 Å². The zero-order valence-electron chi connectivity index (χ0n) is 19.5. The third-order valence-electron chi connectivity index (χ3n) is 5.85. The van der Waals surface area contributed by atoms with Crippen LogP contribution in [0.3, 0.4) is 0 Å². The molecule has 2 heterocycles. The maximum absolute atomic E-state index is 13.0. The van der Waals surface area contributed by atoms with Gasteiger partial charge < -0.3 is 24.0 Å². The summed E-state index contributed by atoms with van der Waals surface area (Å²) in [4.78, 5) is 21.9. The molecule has 0 radical (unpaired) electrons.